The van der Waals surface area contributed by atoms with Gasteiger partial charge in [0.15, 0.2) is 0 Å². The molecule has 0 aromatic rings. The molecule has 128 valence electrons. The summed E-state index contributed by atoms with van der Waals surface area (Å²) in [5, 5.41) is 8.37. The molecule has 0 aliphatic carbocycles. The summed E-state index contributed by atoms with van der Waals surface area (Å²) in [6, 6.07) is -0.691. The lowest BCUT2D eigenvalue weighted by molar-refractivity contribution is -0.125. The van der Waals surface area contributed by atoms with Crippen molar-refractivity contribution >= 4 is 11.9 Å². The molecule has 0 saturated carbocycles. The number of nitrogens with zero attached hydrogens (tertiary/aromatic N) is 1. The van der Waals surface area contributed by atoms with Crippen LogP contribution in [0.3, 0.4) is 0 Å². The Kier molecular flexibility index (Phi) is 7.29. The zero-order valence-electron chi connectivity index (χ0n) is 14.7. The van der Waals surface area contributed by atoms with Crippen molar-refractivity contribution in [1.82, 2.24) is 20.9 Å². The molecule has 1 aliphatic heterocycles. The van der Waals surface area contributed by atoms with E-state index < -0.39 is 6.03 Å². The maximum atomic E-state index is 12.2. The third-order valence-electron chi connectivity index (χ3n) is 4.10. The maximum absolute atomic E-state index is 12.2. The average molecular weight is 312 g/mol. The van der Waals surface area contributed by atoms with Gasteiger partial charge in [-0.05, 0) is 79.6 Å². The minimum atomic E-state index is -0.423. The number of hydrogen-bond donors (Lipinski definition) is 3. The van der Waals surface area contributed by atoms with Crippen LogP contribution in [0.4, 0.5) is 4.79 Å². The van der Waals surface area contributed by atoms with Crippen molar-refractivity contribution in [3.8, 4) is 0 Å². The second kappa shape index (κ2) is 8.48. The van der Waals surface area contributed by atoms with Crippen LogP contribution in [-0.2, 0) is 4.79 Å². The van der Waals surface area contributed by atoms with Gasteiger partial charge < -0.3 is 10.6 Å². The Morgan fingerprint density at radius 3 is 2.32 bits per heavy atom. The molecule has 3 N–H and O–H groups in total. The summed E-state index contributed by atoms with van der Waals surface area (Å²) in [6.07, 6.45) is 3.43. The third kappa shape index (κ3) is 6.75. The summed E-state index contributed by atoms with van der Waals surface area (Å²) < 4.78 is 0. The quantitative estimate of drug-likeness (QED) is 0.716. The summed E-state index contributed by atoms with van der Waals surface area (Å²) in [4.78, 5) is 26.1. The van der Waals surface area contributed by atoms with Crippen LogP contribution in [0, 0.1) is 5.92 Å². The fraction of sp³-hybridized carbons (Fsp3) is 0.875. The summed E-state index contributed by atoms with van der Waals surface area (Å²) in [7, 11) is 1.98. The highest BCUT2D eigenvalue weighted by Crippen LogP contribution is 2.21. The van der Waals surface area contributed by atoms with Crippen LogP contribution < -0.4 is 16.0 Å². The molecule has 1 saturated heterocycles. The first-order valence-corrected chi connectivity index (χ1v) is 8.24. The topological polar surface area (TPSA) is 73.5 Å². The van der Waals surface area contributed by atoms with E-state index in [0.29, 0.717) is 0 Å². The van der Waals surface area contributed by atoms with Crippen molar-refractivity contribution in [2.45, 2.75) is 58.5 Å². The Morgan fingerprint density at radius 1 is 1.23 bits per heavy atom. The normalized spacial score (nSPS) is 18.8. The van der Waals surface area contributed by atoms with E-state index in [2.05, 4.69) is 20.9 Å². The van der Waals surface area contributed by atoms with Crippen molar-refractivity contribution in [3.05, 3.63) is 0 Å². The molecule has 1 heterocycles. The van der Waals surface area contributed by atoms with Crippen LogP contribution >= 0.6 is 0 Å². The molecule has 6 heteroatoms. The van der Waals surface area contributed by atoms with Crippen molar-refractivity contribution in [1.29, 1.82) is 0 Å². The predicted octanol–water partition coefficient (Wildman–Crippen LogP) is 1.32. The first-order chi connectivity index (χ1) is 10.2. The van der Waals surface area contributed by atoms with Crippen LogP contribution in [0.5, 0.6) is 0 Å². The smallest absolute Gasteiger partial charge is 0.321 e. The molecule has 1 aliphatic rings. The van der Waals surface area contributed by atoms with Crippen molar-refractivity contribution < 1.29 is 9.59 Å². The number of urea groups is 1. The number of likely N-dealkylation sites (tertiary alicyclic amines) is 1. The Hall–Kier alpha value is -1.14. The van der Waals surface area contributed by atoms with E-state index in [0.717, 1.165) is 38.4 Å². The predicted molar refractivity (Wildman–Crippen MR) is 88.7 cm³/mol. The van der Waals surface area contributed by atoms with E-state index >= 15 is 0 Å². The molecular formula is C16H32N4O2. The number of carbonyl (C=O) groups excluding carboxylic acids is 2. The number of rotatable bonds is 5. The van der Waals surface area contributed by atoms with Crippen molar-refractivity contribution in [3.63, 3.8) is 0 Å². The molecule has 0 aromatic carbocycles. The molecule has 0 spiro atoms. The van der Waals surface area contributed by atoms with Gasteiger partial charge in [-0.25, -0.2) is 4.79 Å². The van der Waals surface area contributed by atoms with Gasteiger partial charge in [0, 0.05) is 5.54 Å². The van der Waals surface area contributed by atoms with Gasteiger partial charge >= 0.3 is 6.03 Å². The number of carbonyl (C=O) groups is 2. The third-order valence-corrected chi connectivity index (χ3v) is 4.10. The molecule has 1 rings (SSSR count). The Bertz CT molecular complexity index is 371. The van der Waals surface area contributed by atoms with Crippen LogP contribution in [0.15, 0.2) is 0 Å². The maximum Gasteiger partial charge on any atom is 0.321 e. The van der Waals surface area contributed by atoms with E-state index in [9.17, 15) is 9.59 Å². The zero-order valence-corrected chi connectivity index (χ0v) is 14.7. The molecule has 6 nitrogen and oxygen atoms in total. The van der Waals surface area contributed by atoms with Gasteiger partial charge in [-0.15, -0.1) is 0 Å². The van der Waals surface area contributed by atoms with Gasteiger partial charge in [0.05, 0.1) is 6.04 Å². The van der Waals surface area contributed by atoms with Gasteiger partial charge in [0.1, 0.15) is 0 Å². The molecule has 1 unspecified atom stereocenters. The van der Waals surface area contributed by atoms with Crippen LogP contribution in [0.2, 0.25) is 0 Å². The number of imide groups is 1. The van der Waals surface area contributed by atoms with Crippen molar-refractivity contribution in [2.24, 2.45) is 5.92 Å². The standard InChI is InChI=1S/C16H32N4O2/c1-12(14(21)18-15(22)19-16(2,3)4)20-10-7-13(8-11-20)6-9-17-5/h12-13,17H,6-11H2,1-5H3,(H2,18,19,21,22). The summed E-state index contributed by atoms with van der Waals surface area (Å²) in [5.74, 6) is 0.513. The van der Waals surface area contributed by atoms with Crippen LogP contribution in [-0.4, -0.2) is 55.1 Å². The first-order valence-electron chi connectivity index (χ1n) is 8.24. The molecule has 0 aromatic heterocycles. The molecule has 0 bridgehead atoms. The van der Waals surface area contributed by atoms with E-state index in [4.69, 9.17) is 0 Å². The molecule has 0 radical (unpaired) electrons. The highest BCUT2D eigenvalue weighted by atomic mass is 16.2. The summed E-state index contributed by atoms with van der Waals surface area (Å²) in [6.45, 7) is 10.4. The number of amides is 3. The highest BCUT2D eigenvalue weighted by Gasteiger charge is 2.27. The largest absolute Gasteiger partial charge is 0.333 e. The molecule has 22 heavy (non-hydrogen) atoms. The summed E-state index contributed by atoms with van der Waals surface area (Å²) >= 11 is 0. The average Bonchev–Trinajstić information content (AvgIpc) is 2.42. The molecule has 3 amide bonds. The van der Waals surface area contributed by atoms with Gasteiger partial charge in [0.2, 0.25) is 5.91 Å². The second-order valence-corrected chi connectivity index (χ2v) is 7.24. The van der Waals surface area contributed by atoms with Gasteiger partial charge in [-0.3, -0.25) is 15.0 Å². The minimum Gasteiger partial charge on any atom is -0.333 e. The Morgan fingerprint density at radius 2 is 1.82 bits per heavy atom. The lowest BCUT2D eigenvalue weighted by Crippen LogP contribution is -2.54. The van der Waals surface area contributed by atoms with E-state index in [-0.39, 0.29) is 17.5 Å². The zero-order chi connectivity index (χ0) is 16.8. The number of nitrogens with one attached hydrogen (secondary N) is 3. The second-order valence-electron chi connectivity index (χ2n) is 7.24. The van der Waals surface area contributed by atoms with E-state index in [1.807, 2.05) is 34.7 Å². The number of hydrogen-bond acceptors (Lipinski definition) is 4. The Labute approximate surface area is 134 Å². The molecule has 1 fully saturated rings. The highest BCUT2D eigenvalue weighted by molar-refractivity contribution is 5.97. The van der Waals surface area contributed by atoms with Crippen LogP contribution in [0.1, 0.15) is 47.0 Å². The minimum absolute atomic E-state index is 0.226. The summed E-state index contributed by atoms with van der Waals surface area (Å²) in [5.41, 5.74) is -0.348. The first kappa shape index (κ1) is 18.9. The Balaban J connectivity index is 2.37. The van der Waals surface area contributed by atoms with Crippen LogP contribution in [0.25, 0.3) is 0 Å². The monoisotopic (exact) mass is 312 g/mol. The van der Waals surface area contributed by atoms with Gasteiger partial charge in [0.25, 0.3) is 0 Å². The lowest BCUT2D eigenvalue weighted by Gasteiger charge is -2.35. The van der Waals surface area contributed by atoms with Gasteiger partial charge in [-0.1, -0.05) is 0 Å². The fourth-order valence-electron chi connectivity index (χ4n) is 2.73. The van der Waals surface area contributed by atoms with Gasteiger partial charge in [-0.2, -0.15) is 0 Å². The lowest BCUT2D eigenvalue weighted by atomic mass is 9.93. The molecular weight excluding hydrogens is 280 g/mol. The fourth-order valence-corrected chi connectivity index (χ4v) is 2.73. The SMILES string of the molecule is CNCCC1CCN(C(C)C(=O)NC(=O)NC(C)(C)C)CC1. The molecule has 1 atom stereocenters. The van der Waals surface area contributed by atoms with E-state index in [1.165, 1.54) is 6.42 Å². The number of piperidine rings is 1. The van der Waals surface area contributed by atoms with Crippen molar-refractivity contribution in [2.75, 3.05) is 26.7 Å². The van der Waals surface area contributed by atoms with E-state index in [1.54, 1.807) is 0 Å².